The highest BCUT2D eigenvalue weighted by molar-refractivity contribution is 5.86. The third kappa shape index (κ3) is 3.91. The summed E-state index contributed by atoms with van der Waals surface area (Å²) < 4.78 is 39.8. The van der Waals surface area contributed by atoms with Crippen LogP contribution in [0.25, 0.3) is 0 Å². The lowest BCUT2D eigenvalue weighted by atomic mass is 10.0. The van der Waals surface area contributed by atoms with Crippen molar-refractivity contribution in [2.24, 2.45) is 11.7 Å². The van der Waals surface area contributed by atoms with Crippen molar-refractivity contribution in [3.05, 3.63) is 29.3 Å². The van der Waals surface area contributed by atoms with Gasteiger partial charge in [-0.05, 0) is 31.0 Å². The minimum absolute atomic E-state index is 0.0146. The molecule has 2 aliphatic rings. The van der Waals surface area contributed by atoms with Gasteiger partial charge in [0.1, 0.15) is 6.04 Å². The Morgan fingerprint density at radius 3 is 2.43 bits per heavy atom. The van der Waals surface area contributed by atoms with Crippen molar-refractivity contribution in [2.45, 2.75) is 37.9 Å². The first kappa shape index (κ1) is 20.0. The fraction of sp³-hybridized carbons (Fsp3) is 0.526. The third-order valence-corrected chi connectivity index (χ3v) is 5.49. The Morgan fingerprint density at radius 2 is 1.86 bits per heavy atom. The number of amides is 2. The molecule has 0 radical (unpaired) electrons. The lowest BCUT2D eigenvalue weighted by Gasteiger charge is -2.42. The molecule has 9 heteroatoms. The van der Waals surface area contributed by atoms with Crippen LogP contribution < -0.4 is 10.6 Å². The Bertz CT molecular complexity index is 812. The lowest BCUT2D eigenvalue weighted by Crippen LogP contribution is -2.60. The van der Waals surface area contributed by atoms with Gasteiger partial charge in [0.15, 0.2) is 0 Å². The van der Waals surface area contributed by atoms with Gasteiger partial charge in [0.25, 0.3) is 0 Å². The molecule has 28 heavy (non-hydrogen) atoms. The first-order valence-electron chi connectivity index (χ1n) is 9.18. The van der Waals surface area contributed by atoms with E-state index in [1.54, 1.807) is 4.90 Å². The van der Waals surface area contributed by atoms with E-state index in [-0.39, 0.29) is 30.6 Å². The number of carbonyl (C=O) groups excluding carboxylic acids is 2. The molecule has 1 unspecified atom stereocenters. The number of alkyl halides is 3. The van der Waals surface area contributed by atoms with Crippen LogP contribution >= 0.6 is 0 Å². The van der Waals surface area contributed by atoms with E-state index in [0.717, 1.165) is 37.8 Å². The molecule has 6 nitrogen and oxygen atoms in total. The van der Waals surface area contributed by atoms with E-state index < -0.39 is 29.3 Å². The van der Waals surface area contributed by atoms with Crippen molar-refractivity contribution in [1.82, 2.24) is 4.90 Å². The minimum Gasteiger partial charge on any atom is -0.368 e. The van der Waals surface area contributed by atoms with Gasteiger partial charge in [-0.25, -0.2) is 0 Å². The van der Waals surface area contributed by atoms with Gasteiger partial charge >= 0.3 is 6.18 Å². The van der Waals surface area contributed by atoms with Crippen LogP contribution in [0.3, 0.4) is 0 Å². The topological polar surface area (TPSA) is 90.4 Å². The summed E-state index contributed by atoms with van der Waals surface area (Å²) in [5.74, 6) is -0.770. The number of piperazine rings is 1. The third-order valence-electron chi connectivity index (χ3n) is 5.49. The normalized spacial score (nSPS) is 20.9. The Hall–Kier alpha value is -2.76. The average molecular weight is 394 g/mol. The molecule has 150 valence electrons. The largest absolute Gasteiger partial charge is 0.417 e. The van der Waals surface area contributed by atoms with Gasteiger partial charge < -0.3 is 15.5 Å². The Balaban J connectivity index is 1.85. The van der Waals surface area contributed by atoms with Gasteiger partial charge in [-0.3, -0.25) is 9.59 Å². The Labute approximate surface area is 160 Å². The average Bonchev–Trinajstić information content (AvgIpc) is 3.20. The van der Waals surface area contributed by atoms with Gasteiger partial charge in [-0.1, -0.05) is 12.8 Å². The molecular formula is C19H21F3N4O2. The number of carbonyl (C=O) groups is 2. The molecule has 1 aliphatic heterocycles. The number of rotatable bonds is 3. The fourth-order valence-electron chi connectivity index (χ4n) is 4.01. The van der Waals surface area contributed by atoms with E-state index in [0.29, 0.717) is 6.54 Å². The Morgan fingerprint density at radius 1 is 1.18 bits per heavy atom. The zero-order chi connectivity index (χ0) is 20.5. The van der Waals surface area contributed by atoms with Crippen LogP contribution in [0.5, 0.6) is 0 Å². The van der Waals surface area contributed by atoms with Crippen molar-refractivity contribution >= 4 is 17.5 Å². The summed E-state index contributed by atoms with van der Waals surface area (Å²) in [6.07, 6.45) is -1.04. The second kappa shape index (κ2) is 7.70. The molecule has 1 saturated carbocycles. The second-order valence-electron chi connectivity index (χ2n) is 7.22. The van der Waals surface area contributed by atoms with E-state index >= 15 is 0 Å². The van der Waals surface area contributed by atoms with Gasteiger partial charge in [0, 0.05) is 24.7 Å². The molecule has 0 spiro atoms. The van der Waals surface area contributed by atoms with Gasteiger partial charge in [-0.15, -0.1) is 0 Å². The van der Waals surface area contributed by atoms with Crippen LogP contribution in [0.2, 0.25) is 0 Å². The zero-order valence-electron chi connectivity index (χ0n) is 15.2. The molecule has 3 rings (SSSR count). The van der Waals surface area contributed by atoms with Crippen molar-refractivity contribution in [2.75, 3.05) is 24.5 Å². The first-order valence-corrected chi connectivity index (χ1v) is 9.18. The molecule has 2 N–H and O–H groups in total. The van der Waals surface area contributed by atoms with Crippen molar-refractivity contribution in [1.29, 1.82) is 5.26 Å². The number of halogens is 3. The van der Waals surface area contributed by atoms with Gasteiger partial charge in [0.05, 0.1) is 23.7 Å². The fourth-order valence-corrected chi connectivity index (χ4v) is 4.01. The molecule has 1 heterocycles. The SMILES string of the molecule is N#Cc1ccc(N2CCN(C(=O)C3CCCC3)CC2C(N)=O)cc1C(F)(F)F. The highest BCUT2D eigenvalue weighted by atomic mass is 19.4. The maximum Gasteiger partial charge on any atom is 0.417 e. The summed E-state index contributed by atoms with van der Waals surface area (Å²) in [5.41, 5.74) is 4.11. The summed E-state index contributed by atoms with van der Waals surface area (Å²) in [4.78, 5) is 27.7. The van der Waals surface area contributed by atoms with E-state index in [9.17, 15) is 22.8 Å². The first-order chi connectivity index (χ1) is 13.2. The summed E-state index contributed by atoms with van der Waals surface area (Å²) in [6.45, 7) is 0.543. The van der Waals surface area contributed by atoms with Crippen LogP contribution in [0.15, 0.2) is 18.2 Å². The van der Waals surface area contributed by atoms with E-state index in [4.69, 9.17) is 11.0 Å². The van der Waals surface area contributed by atoms with Crippen LogP contribution in [-0.4, -0.2) is 42.4 Å². The van der Waals surface area contributed by atoms with Crippen LogP contribution in [-0.2, 0) is 15.8 Å². The van der Waals surface area contributed by atoms with E-state index in [2.05, 4.69) is 0 Å². The number of nitrogens with two attached hydrogens (primary N) is 1. The lowest BCUT2D eigenvalue weighted by molar-refractivity contribution is -0.138. The maximum atomic E-state index is 13.3. The molecule has 0 bridgehead atoms. The molecule has 1 saturated heterocycles. The zero-order valence-corrected chi connectivity index (χ0v) is 15.2. The van der Waals surface area contributed by atoms with Crippen molar-refractivity contribution in [3.63, 3.8) is 0 Å². The van der Waals surface area contributed by atoms with E-state index in [1.165, 1.54) is 17.0 Å². The highest BCUT2D eigenvalue weighted by Gasteiger charge is 2.38. The molecule has 1 aliphatic carbocycles. The van der Waals surface area contributed by atoms with Crippen LogP contribution in [0.1, 0.15) is 36.8 Å². The molecule has 2 fully saturated rings. The molecule has 1 aromatic carbocycles. The second-order valence-corrected chi connectivity index (χ2v) is 7.22. The quantitative estimate of drug-likeness (QED) is 0.852. The predicted molar refractivity (Wildman–Crippen MR) is 95.0 cm³/mol. The van der Waals surface area contributed by atoms with Crippen molar-refractivity contribution < 1.29 is 22.8 Å². The number of primary amides is 1. The maximum absolute atomic E-state index is 13.3. The highest BCUT2D eigenvalue weighted by Crippen LogP contribution is 2.35. The van der Waals surface area contributed by atoms with Crippen molar-refractivity contribution in [3.8, 4) is 6.07 Å². The number of hydrogen-bond donors (Lipinski definition) is 1. The minimum atomic E-state index is -4.69. The molecule has 1 atom stereocenters. The summed E-state index contributed by atoms with van der Waals surface area (Å²) >= 11 is 0. The summed E-state index contributed by atoms with van der Waals surface area (Å²) in [7, 11) is 0. The molecular weight excluding hydrogens is 373 g/mol. The monoisotopic (exact) mass is 394 g/mol. The molecule has 2 amide bonds. The van der Waals surface area contributed by atoms with Crippen LogP contribution in [0.4, 0.5) is 18.9 Å². The van der Waals surface area contributed by atoms with Gasteiger partial charge in [-0.2, -0.15) is 18.4 Å². The Kier molecular flexibility index (Phi) is 5.49. The molecule has 1 aromatic rings. The standard InChI is InChI=1S/C19H21F3N4O2/c20-19(21,22)15-9-14(6-5-13(15)10-23)26-8-7-25(11-16(26)17(24)27)18(28)12-3-1-2-4-12/h5-6,9,12,16H,1-4,7-8,11H2,(H2,24,27). The van der Waals surface area contributed by atoms with Gasteiger partial charge in [0.2, 0.25) is 11.8 Å². The van der Waals surface area contributed by atoms with Crippen LogP contribution in [0, 0.1) is 17.2 Å². The number of nitrogens with zero attached hydrogens (tertiary/aromatic N) is 3. The predicted octanol–water partition coefficient (Wildman–Crippen LogP) is 2.27. The number of hydrogen-bond acceptors (Lipinski definition) is 4. The number of benzene rings is 1. The summed E-state index contributed by atoms with van der Waals surface area (Å²) in [5, 5.41) is 8.94. The number of anilines is 1. The molecule has 0 aromatic heterocycles. The van der Waals surface area contributed by atoms with E-state index in [1.807, 2.05) is 0 Å². The smallest absolute Gasteiger partial charge is 0.368 e. The summed E-state index contributed by atoms with van der Waals surface area (Å²) in [6, 6.07) is 3.94. The number of nitriles is 1.